The predicted octanol–water partition coefficient (Wildman–Crippen LogP) is 4.73. The van der Waals surface area contributed by atoms with Crippen LogP contribution >= 0.6 is 58.3 Å². The van der Waals surface area contributed by atoms with Crippen molar-refractivity contribution >= 4 is 64.2 Å². The smallest absolute Gasteiger partial charge is 0.191 e. The number of nitrogens with one attached hydrogen (secondary N) is 2. The van der Waals surface area contributed by atoms with Crippen molar-refractivity contribution in [2.45, 2.75) is 18.9 Å². The molecule has 152 valence electrons. The molecule has 0 aliphatic heterocycles. The van der Waals surface area contributed by atoms with E-state index < -0.39 is 6.10 Å². The van der Waals surface area contributed by atoms with E-state index >= 15 is 0 Å². The fourth-order valence-electron chi connectivity index (χ4n) is 2.47. The molecule has 3 aromatic rings. The maximum atomic E-state index is 10.3. The molecular formula is C19H23ClIN3O2S2. The summed E-state index contributed by atoms with van der Waals surface area (Å²) >= 11 is 9.06. The van der Waals surface area contributed by atoms with E-state index in [1.165, 1.54) is 16.2 Å². The number of aliphatic imine (C=N–C) groups is 1. The summed E-state index contributed by atoms with van der Waals surface area (Å²) in [5.74, 6) is 1.61. The average molecular weight is 552 g/mol. The van der Waals surface area contributed by atoms with Gasteiger partial charge in [0, 0.05) is 29.3 Å². The predicted molar refractivity (Wildman–Crippen MR) is 128 cm³/mol. The third kappa shape index (κ3) is 7.75. The molecule has 0 aliphatic carbocycles. The summed E-state index contributed by atoms with van der Waals surface area (Å²) in [7, 11) is 0. The third-order valence-electron chi connectivity index (χ3n) is 3.83. The molecule has 0 saturated carbocycles. The summed E-state index contributed by atoms with van der Waals surface area (Å²) < 4.78 is 6.02. The number of rotatable bonds is 9. The summed E-state index contributed by atoms with van der Waals surface area (Å²) in [6, 6.07) is 11.6. The van der Waals surface area contributed by atoms with Crippen molar-refractivity contribution < 1.29 is 9.52 Å². The van der Waals surface area contributed by atoms with Crippen molar-refractivity contribution in [3.05, 3.63) is 67.9 Å². The summed E-state index contributed by atoms with van der Waals surface area (Å²) in [5.41, 5.74) is 0. The second-order valence-corrected chi connectivity index (χ2v) is 8.64. The second-order valence-electron chi connectivity index (χ2n) is 5.86. The van der Waals surface area contributed by atoms with Crippen molar-refractivity contribution in [2.75, 3.05) is 19.6 Å². The van der Waals surface area contributed by atoms with Gasteiger partial charge in [-0.05, 0) is 42.1 Å². The van der Waals surface area contributed by atoms with Crippen LogP contribution in [-0.2, 0) is 12.8 Å². The molecule has 0 aromatic carbocycles. The number of halogens is 2. The molecule has 28 heavy (non-hydrogen) atoms. The zero-order valence-corrected chi connectivity index (χ0v) is 19.9. The van der Waals surface area contributed by atoms with E-state index in [-0.39, 0.29) is 30.5 Å². The van der Waals surface area contributed by atoms with Gasteiger partial charge in [-0.3, -0.25) is 4.99 Å². The Labute approximate surface area is 194 Å². The first-order valence-corrected chi connectivity index (χ1v) is 10.8. The van der Waals surface area contributed by atoms with Gasteiger partial charge in [0.1, 0.15) is 11.9 Å². The molecule has 3 aromatic heterocycles. The van der Waals surface area contributed by atoms with Gasteiger partial charge in [-0.15, -0.1) is 46.7 Å². The third-order valence-corrected chi connectivity index (χ3v) is 6.10. The minimum absolute atomic E-state index is 0. The first kappa shape index (κ1) is 23.2. The second kappa shape index (κ2) is 12.5. The van der Waals surface area contributed by atoms with E-state index in [0.29, 0.717) is 16.8 Å². The van der Waals surface area contributed by atoms with Crippen LogP contribution in [0.2, 0.25) is 4.34 Å². The van der Waals surface area contributed by atoms with Crippen molar-refractivity contribution in [3.8, 4) is 0 Å². The number of aliphatic hydroxyl groups is 1. The van der Waals surface area contributed by atoms with Crippen LogP contribution in [0.1, 0.15) is 21.6 Å². The molecule has 9 heteroatoms. The minimum atomic E-state index is -0.663. The van der Waals surface area contributed by atoms with Crippen LogP contribution in [0.25, 0.3) is 0 Å². The monoisotopic (exact) mass is 551 g/mol. The first-order valence-electron chi connectivity index (χ1n) is 8.71. The van der Waals surface area contributed by atoms with Crippen molar-refractivity contribution in [1.82, 2.24) is 10.6 Å². The van der Waals surface area contributed by atoms with Gasteiger partial charge in [0.15, 0.2) is 5.96 Å². The molecule has 1 atom stereocenters. The van der Waals surface area contributed by atoms with Gasteiger partial charge in [0.25, 0.3) is 0 Å². The summed E-state index contributed by atoms with van der Waals surface area (Å²) in [5, 5.41) is 19.0. The van der Waals surface area contributed by atoms with E-state index in [2.05, 4.69) is 33.1 Å². The number of guanidine groups is 1. The van der Waals surface area contributed by atoms with Crippen LogP contribution in [-0.4, -0.2) is 30.7 Å². The highest BCUT2D eigenvalue weighted by molar-refractivity contribution is 14.0. The lowest BCUT2D eigenvalue weighted by atomic mass is 10.3. The van der Waals surface area contributed by atoms with E-state index in [0.717, 1.165) is 30.0 Å². The standard InChI is InChI=1S/C19H22ClN3O2S2.HI/c20-18-6-5-17(27-18)16(24)13-23-19(21-9-7-14-3-1-11-25-14)22-10-8-15-4-2-12-26-15;/h1-6,11-12,16,24H,7-10,13H2,(H2,21,22,23);1H. The Bertz CT molecular complexity index is 780. The van der Waals surface area contributed by atoms with Gasteiger partial charge in [0.05, 0.1) is 17.1 Å². The largest absolute Gasteiger partial charge is 0.469 e. The highest BCUT2D eigenvalue weighted by Gasteiger charge is 2.10. The number of hydrogen-bond donors (Lipinski definition) is 3. The minimum Gasteiger partial charge on any atom is -0.469 e. The molecule has 0 saturated heterocycles. The molecule has 1 unspecified atom stereocenters. The van der Waals surface area contributed by atoms with Gasteiger partial charge < -0.3 is 20.2 Å². The van der Waals surface area contributed by atoms with Gasteiger partial charge in [-0.2, -0.15) is 0 Å². The van der Waals surface area contributed by atoms with Crippen LogP contribution in [0.4, 0.5) is 0 Å². The van der Waals surface area contributed by atoms with Crippen LogP contribution in [0.15, 0.2) is 57.5 Å². The normalized spacial score (nSPS) is 12.4. The highest BCUT2D eigenvalue weighted by atomic mass is 127. The summed E-state index contributed by atoms with van der Waals surface area (Å²) in [4.78, 5) is 6.67. The maximum Gasteiger partial charge on any atom is 0.191 e. The quantitative estimate of drug-likeness (QED) is 0.204. The number of furan rings is 1. The lowest BCUT2D eigenvalue weighted by molar-refractivity contribution is 0.191. The molecule has 0 amide bonds. The van der Waals surface area contributed by atoms with E-state index in [9.17, 15) is 5.11 Å². The topological polar surface area (TPSA) is 69.8 Å². The Morgan fingerprint density at radius 1 is 1.14 bits per heavy atom. The fraction of sp³-hybridized carbons (Fsp3) is 0.316. The van der Waals surface area contributed by atoms with E-state index in [1.807, 2.05) is 18.2 Å². The van der Waals surface area contributed by atoms with Crippen LogP contribution < -0.4 is 10.6 Å². The first-order chi connectivity index (χ1) is 13.2. The summed E-state index contributed by atoms with van der Waals surface area (Å²) in [6.45, 7) is 1.74. The highest BCUT2D eigenvalue weighted by Crippen LogP contribution is 2.26. The fourth-order valence-corrected chi connectivity index (χ4v) is 4.21. The number of aliphatic hydroxyl groups excluding tert-OH is 1. The molecule has 0 radical (unpaired) electrons. The van der Waals surface area contributed by atoms with Gasteiger partial charge in [-0.25, -0.2) is 0 Å². The molecule has 0 spiro atoms. The van der Waals surface area contributed by atoms with Gasteiger partial charge in [-0.1, -0.05) is 17.7 Å². The van der Waals surface area contributed by atoms with Crippen LogP contribution in [0.3, 0.4) is 0 Å². The molecule has 0 fully saturated rings. The number of thiophene rings is 2. The molecule has 3 heterocycles. The Morgan fingerprint density at radius 3 is 2.61 bits per heavy atom. The number of hydrogen-bond acceptors (Lipinski definition) is 5. The zero-order valence-electron chi connectivity index (χ0n) is 15.1. The van der Waals surface area contributed by atoms with E-state index in [4.69, 9.17) is 16.0 Å². The molecule has 5 nitrogen and oxygen atoms in total. The van der Waals surface area contributed by atoms with Crippen molar-refractivity contribution in [2.24, 2.45) is 4.99 Å². The molecule has 3 N–H and O–H groups in total. The molecule has 0 aliphatic rings. The van der Waals surface area contributed by atoms with Crippen LogP contribution in [0, 0.1) is 0 Å². The lowest BCUT2D eigenvalue weighted by Gasteiger charge is -2.13. The average Bonchev–Trinajstić information content (AvgIpc) is 3.42. The molecule has 0 bridgehead atoms. The number of nitrogens with zero attached hydrogens (tertiary/aromatic N) is 1. The lowest BCUT2D eigenvalue weighted by Crippen LogP contribution is -2.39. The SMILES string of the molecule is I.OC(CN=C(NCCc1ccco1)NCCc1cccs1)c1ccc(Cl)s1. The maximum absolute atomic E-state index is 10.3. The van der Waals surface area contributed by atoms with Crippen molar-refractivity contribution in [3.63, 3.8) is 0 Å². The zero-order chi connectivity index (χ0) is 18.9. The Balaban J connectivity index is 0.00000280. The van der Waals surface area contributed by atoms with E-state index in [1.54, 1.807) is 23.7 Å². The summed E-state index contributed by atoms with van der Waals surface area (Å²) in [6.07, 6.45) is 2.71. The van der Waals surface area contributed by atoms with Gasteiger partial charge >= 0.3 is 0 Å². The van der Waals surface area contributed by atoms with Gasteiger partial charge in [0.2, 0.25) is 0 Å². The van der Waals surface area contributed by atoms with Crippen LogP contribution in [0.5, 0.6) is 0 Å². The Kier molecular flexibility index (Phi) is 10.3. The molecule has 3 rings (SSSR count). The van der Waals surface area contributed by atoms with Crippen molar-refractivity contribution in [1.29, 1.82) is 0 Å². The Morgan fingerprint density at radius 2 is 1.96 bits per heavy atom. The molecular weight excluding hydrogens is 529 g/mol. The Hall–Kier alpha value is -1.07.